The Bertz CT molecular complexity index is 926. The molecule has 0 aliphatic carbocycles. The van der Waals surface area contributed by atoms with Crippen LogP contribution in [0.2, 0.25) is 0 Å². The van der Waals surface area contributed by atoms with Crippen molar-refractivity contribution in [3.63, 3.8) is 0 Å². The van der Waals surface area contributed by atoms with Crippen molar-refractivity contribution in [1.82, 2.24) is 19.7 Å². The average Bonchev–Trinajstić information content (AvgIpc) is 3.23. The molecule has 2 aromatic carbocycles. The predicted octanol–water partition coefficient (Wildman–Crippen LogP) is 2.77. The maximum Gasteiger partial charge on any atom is 0.238 e. The van der Waals surface area contributed by atoms with Gasteiger partial charge in [-0.3, -0.25) is 9.69 Å². The molecule has 3 rings (SSSR count). The van der Waals surface area contributed by atoms with Crippen molar-refractivity contribution in [2.24, 2.45) is 0 Å². The lowest BCUT2D eigenvalue weighted by molar-refractivity contribution is -0.117. The van der Waals surface area contributed by atoms with Crippen LogP contribution in [-0.4, -0.2) is 39.2 Å². The first-order chi connectivity index (χ1) is 13.1. The second kappa shape index (κ2) is 8.25. The Labute approximate surface area is 157 Å². The topological polar surface area (TPSA) is 86.8 Å². The standard InChI is InChI=1S/C20H20N6O/c1-15(17-5-9-19(10-6-17)26-14-22-13-23-26)25(2)12-20(27)24-18-7-3-16(11-21)4-8-18/h3-10,13-15H,12H2,1-2H3,(H,24,27)/t15-/m1/s1. The second-order valence-electron chi connectivity index (χ2n) is 6.26. The normalized spacial score (nSPS) is 11.8. The summed E-state index contributed by atoms with van der Waals surface area (Å²) in [6.07, 6.45) is 3.15. The fourth-order valence-corrected chi connectivity index (χ4v) is 2.69. The number of aromatic nitrogens is 3. The van der Waals surface area contributed by atoms with Crippen molar-refractivity contribution in [2.45, 2.75) is 13.0 Å². The molecule has 1 heterocycles. The van der Waals surface area contributed by atoms with Crippen molar-refractivity contribution in [3.8, 4) is 11.8 Å². The van der Waals surface area contributed by atoms with E-state index in [0.717, 1.165) is 11.3 Å². The van der Waals surface area contributed by atoms with E-state index >= 15 is 0 Å². The van der Waals surface area contributed by atoms with Crippen LogP contribution in [-0.2, 0) is 4.79 Å². The average molecular weight is 360 g/mol. The molecule has 27 heavy (non-hydrogen) atoms. The zero-order valence-corrected chi connectivity index (χ0v) is 15.2. The van der Waals surface area contributed by atoms with Gasteiger partial charge in [0.25, 0.3) is 0 Å². The van der Waals surface area contributed by atoms with E-state index in [1.54, 1.807) is 35.3 Å². The van der Waals surface area contributed by atoms with Crippen LogP contribution >= 0.6 is 0 Å². The first kappa shape index (κ1) is 18.3. The van der Waals surface area contributed by atoms with Gasteiger partial charge in [0.1, 0.15) is 12.7 Å². The fraction of sp³-hybridized carbons (Fsp3) is 0.200. The number of anilines is 1. The molecule has 1 aromatic heterocycles. The largest absolute Gasteiger partial charge is 0.325 e. The summed E-state index contributed by atoms with van der Waals surface area (Å²) >= 11 is 0. The number of likely N-dealkylation sites (N-methyl/N-ethyl adjacent to an activating group) is 1. The van der Waals surface area contributed by atoms with Crippen molar-refractivity contribution in [2.75, 3.05) is 18.9 Å². The molecule has 0 aliphatic rings. The Balaban J connectivity index is 1.58. The van der Waals surface area contributed by atoms with Gasteiger partial charge in [-0.1, -0.05) is 12.1 Å². The van der Waals surface area contributed by atoms with E-state index in [-0.39, 0.29) is 18.5 Å². The van der Waals surface area contributed by atoms with Crippen LogP contribution in [0.5, 0.6) is 0 Å². The lowest BCUT2D eigenvalue weighted by atomic mass is 10.1. The van der Waals surface area contributed by atoms with Crippen molar-refractivity contribution < 1.29 is 4.79 Å². The quantitative estimate of drug-likeness (QED) is 0.730. The van der Waals surface area contributed by atoms with E-state index in [2.05, 4.69) is 28.4 Å². The molecular formula is C20H20N6O. The highest BCUT2D eigenvalue weighted by molar-refractivity contribution is 5.92. The van der Waals surface area contributed by atoms with Crippen molar-refractivity contribution >= 4 is 11.6 Å². The molecule has 1 atom stereocenters. The number of nitrogens with one attached hydrogen (secondary N) is 1. The fourth-order valence-electron chi connectivity index (χ4n) is 2.69. The molecule has 0 saturated carbocycles. The predicted molar refractivity (Wildman–Crippen MR) is 102 cm³/mol. The number of nitrogens with zero attached hydrogens (tertiary/aromatic N) is 5. The van der Waals surface area contributed by atoms with E-state index in [1.807, 2.05) is 36.2 Å². The number of hydrogen-bond donors (Lipinski definition) is 1. The highest BCUT2D eigenvalue weighted by Gasteiger charge is 2.15. The summed E-state index contributed by atoms with van der Waals surface area (Å²) in [4.78, 5) is 18.2. The number of carbonyl (C=O) groups is 1. The summed E-state index contributed by atoms with van der Waals surface area (Å²) in [7, 11) is 1.91. The van der Waals surface area contributed by atoms with Gasteiger partial charge in [0.2, 0.25) is 5.91 Å². The summed E-state index contributed by atoms with van der Waals surface area (Å²) in [6.45, 7) is 2.31. The molecule has 7 heteroatoms. The molecule has 0 spiro atoms. The van der Waals surface area contributed by atoms with Crippen LogP contribution in [0.1, 0.15) is 24.1 Å². The van der Waals surface area contributed by atoms with Gasteiger partial charge in [-0.25, -0.2) is 9.67 Å². The number of rotatable bonds is 6. The Morgan fingerprint density at radius 2 is 1.93 bits per heavy atom. The summed E-state index contributed by atoms with van der Waals surface area (Å²) < 4.78 is 1.70. The van der Waals surface area contributed by atoms with Gasteiger partial charge >= 0.3 is 0 Å². The molecule has 1 amide bonds. The first-order valence-electron chi connectivity index (χ1n) is 8.52. The van der Waals surface area contributed by atoms with Crippen LogP contribution in [0.4, 0.5) is 5.69 Å². The molecule has 0 saturated heterocycles. The van der Waals surface area contributed by atoms with Gasteiger partial charge in [0.15, 0.2) is 0 Å². The lowest BCUT2D eigenvalue weighted by Gasteiger charge is -2.24. The molecular weight excluding hydrogens is 340 g/mol. The monoisotopic (exact) mass is 360 g/mol. The third-order valence-corrected chi connectivity index (χ3v) is 4.41. The zero-order chi connectivity index (χ0) is 19.2. The van der Waals surface area contributed by atoms with Crippen molar-refractivity contribution in [1.29, 1.82) is 5.26 Å². The number of amides is 1. The number of benzene rings is 2. The molecule has 3 aromatic rings. The lowest BCUT2D eigenvalue weighted by Crippen LogP contribution is -2.32. The smallest absolute Gasteiger partial charge is 0.238 e. The maximum absolute atomic E-state index is 12.3. The Hall–Kier alpha value is -3.50. The highest BCUT2D eigenvalue weighted by atomic mass is 16.2. The minimum atomic E-state index is -0.103. The molecule has 0 unspecified atom stereocenters. The first-order valence-corrected chi connectivity index (χ1v) is 8.52. The Morgan fingerprint density at radius 3 is 2.52 bits per heavy atom. The molecule has 0 bridgehead atoms. The van der Waals surface area contributed by atoms with Crippen LogP contribution in [0.15, 0.2) is 61.2 Å². The van der Waals surface area contributed by atoms with E-state index in [4.69, 9.17) is 5.26 Å². The second-order valence-corrected chi connectivity index (χ2v) is 6.26. The van der Waals surface area contributed by atoms with Crippen LogP contribution in [0.25, 0.3) is 5.69 Å². The number of nitriles is 1. The Kier molecular flexibility index (Phi) is 5.59. The minimum absolute atomic E-state index is 0.0708. The third kappa shape index (κ3) is 4.57. The van der Waals surface area contributed by atoms with Gasteiger partial charge in [0.05, 0.1) is 23.9 Å². The number of hydrogen-bond acceptors (Lipinski definition) is 5. The van der Waals surface area contributed by atoms with Gasteiger partial charge in [-0.2, -0.15) is 10.4 Å². The van der Waals surface area contributed by atoms with Crippen LogP contribution < -0.4 is 5.32 Å². The Morgan fingerprint density at radius 1 is 1.22 bits per heavy atom. The number of carbonyl (C=O) groups excluding carboxylic acids is 1. The molecule has 0 aliphatic heterocycles. The third-order valence-electron chi connectivity index (χ3n) is 4.41. The van der Waals surface area contributed by atoms with Gasteiger partial charge in [-0.05, 0) is 55.9 Å². The highest BCUT2D eigenvalue weighted by Crippen LogP contribution is 2.20. The molecule has 0 fully saturated rings. The maximum atomic E-state index is 12.3. The van der Waals surface area contributed by atoms with E-state index in [0.29, 0.717) is 11.3 Å². The summed E-state index contributed by atoms with van der Waals surface area (Å²) in [5, 5.41) is 15.8. The van der Waals surface area contributed by atoms with Gasteiger partial charge in [-0.15, -0.1) is 0 Å². The molecule has 7 nitrogen and oxygen atoms in total. The molecule has 1 N–H and O–H groups in total. The summed E-state index contributed by atoms with van der Waals surface area (Å²) in [6, 6.07) is 16.9. The minimum Gasteiger partial charge on any atom is -0.325 e. The summed E-state index contributed by atoms with van der Waals surface area (Å²) in [5.41, 5.74) is 3.28. The zero-order valence-electron chi connectivity index (χ0n) is 15.2. The van der Waals surface area contributed by atoms with E-state index < -0.39 is 0 Å². The van der Waals surface area contributed by atoms with Gasteiger partial charge < -0.3 is 5.32 Å². The SMILES string of the molecule is C[C@H](c1ccc(-n2cncn2)cc1)N(C)CC(=O)Nc1ccc(C#N)cc1. The van der Waals surface area contributed by atoms with E-state index in [1.165, 1.54) is 6.33 Å². The van der Waals surface area contributed by atoms with Gasteiger partial charge in [0, 0.05) is 11.7 Å². The molecule has 136 valence electrons. The van der Waals surface area contributed by atoms with Crippen LogP contribution in [0, 0.1) is 11.3 Å². The van der Waals surface area contributed by atoms with Crippen LogP contribution in [0.3, 0.4) is 0 Å². The summed E-state index contributed by atoms with van der Waals surface area (Å²) in [5.74, 6) is -0.103. The van der Waals surface area contributed by atoms with E-state index in [9.17, 15) is 4.79 Å². The molecule has 0 radical (unpaired) electrons. The van der Waals surface area contributed by atoms with Crippen molar-refractivity contribution in [3.05, 3.63) is 72.3 Å².